The summed E-state index contributed by atoms with van der Waals surface area (Å²) in [6.45, 7) is 0.242. The monoisotopic (exact) mass is 217 g/mol. The van der Waals surface area contributed by atoms with Crippen molar-refractivity contribution in [3.8, 4) is 6.07 Å². The van der Waals surface area contributed by atoms with Crippen molar-refractivity contribution in [2.45, 2.75) is 38.3 Å². The average molecular weight is 217 g/mol. The molecule has 1 N–H and O–H groups in total. The summed E-state index contributed by atoms with van der Waals surface area (Å²) >= 11 is 0. The van der Waals surface area contributed by atoms with Crippen LogP contribution < -0.4 is 5.32 Å². The van der Waals surface area contributed by atoms with Gasteiger partial charge in [-0.05, 0) is 25.0 Å². The number of carbonyl (C=O) groups is 1. The lowest BCUT2D eigenvalue weighted by atomic mass is 10.2. The van der Waals surface area contributed by atoms with E-state index in [9.17, 15) is 4.79 Å². The number of aromatic nitrogens is 1. The van der Waals surface area contributed by atoms with E-state index in [-0.39, 0.29) is 12.5 Å². The molecular formula is C12H15N3O. The Labute approximate surface area is 94.9 Å². The van der Waals surface area contributed by atoms with Crippen molar-refractivity contribution < 1.29 is 4.79 Å². The predicted octanol–water partition coefficient (Wildman–Crippen LogP) is 1.42. The van der Waals surface area contributed by atoms with Crippen LogP contribution in [0.2, 0.25) is 0 Å². The summed E-state index contributed by atoms with van der Waals surface area (Å²) in [6.07, 6.45) is 6.34. The van der Waals surface area contributed by atoms with Crippen LogP contribution >= 0.6 is 0 Å². The van der Waals surface area contributed by atoms with Crippen molar-refractivity contribution >= 4 is 5.91 Å². The average Bonchev–Trinajstić information content (AvgIpc) is 2.88. The van der Waals surface area contributed by atoms with Crippen molar-refractivity contribution in [2.75, 3.05) is 0 Å². The fourth-order valence-electron chi connectivity index (χ4n) is 2.15. The Kier molecular flexibility index (Phi) is 3.25. The highest BCUT2D eigenvalue weighted by Gasteiger charge is 2.17. The van der Waals surface area contributed by atoms with Gasteiger partial charge >= 0.3 is 0 Å². The lowest BCUT2D eigenvalue weighted by molar-refractivity contribution is -0.122. The van der Waals surface area contributed by atoms with Crippen molar-refractivity contribution in [3.63, 3.8) is 0 Å². The van der Waals surface area contributed by atoms with Crippen LogP contribution in [0.3, 0.4) is 0 Å². The normalized spacial score (nSPS) is 15.9. The van der Waals surface area contributed by atoms with Gasteiger partial charge in [0.25, 0.3) is 0 Å². The van der Waals surface area contributed by atoms with Crippen LogP contribution in [-0.2, 0) is 11.3 Å². The third-order valence-electron chi connectivity index (χ3n) is 2.98. The molecule has 0 saturated heterocycles. The standard InChI is InChI=1S/C12H15N3O/c13-8-11-6-3-7-15(11)9-12(16)14-10-4-1-2-5-10/h3,6-7,10H,1-2,4-5,9H2,(H,14,16). The summed E-state index contributed by atoms with van der Waals surface area (Å²) in [5, 5.41) is 11.8. The molecule has 1 amide bonds. The summed E-state index contributed by atoms with van der Waals surface area (Å²) in [4.78, 5) is 11.7. The van der Waals surface area contributed by atoms with Crippen LogP contribution in [0.1, 0.15) is 31.4 Å². The molecule has 4 heteroatoms. The largest absolute Gasteiger partial charge is 0.352 e. The predicted molar refractivity (Wildman–Crippen MR) is 59.5 cm³/mol. The van der Waals surface area contributed by atoms with Gasteiger partial charge in [0.05, 0.1) is 0 Å². The van der Waals surface area contributed by atoms with Crippen LogP contribution in [-0.4, -0.2) is 16.5 Å². The molecule has 0 aromatic carbocycles. The summed E-state index contributed by atoms with van der Waals surface area (Å²) in [7, 11) is 0. The topological polar surface area (TPSA) is 57.8 Å². The van der Waals surface area contributed by atoms with Crippen LogP contribution in [0.25, 0.3) is 0 Å². The number of nitriles is 1. The fourth-order valence-corrected chi connectivity index (χ4v) is 2.15. The maximum atomic E-state index is 11.7. The molecule has 1 aliphatic carbocycles. The minimum absolute atomic E-state index is 0.000370. The van der Waals surface area contributed by atoms with Crippen molar-refractivity contribution in [1.82, 2.24) is 9.88 Å². The van der Waals surface area contributed by atoms with Gasteiger partial charge in [-0.15, -0.1) is 0 Å². The molecular weight excluding hydrogens is 202 g/mol. The molecule has 1 aromatic heterocycles. The summed E-state index contributed by atoms with van der Waals surface area (Å²) in [5.41, 5.74) is 0.529. The SMILES string of the molecule is N#Cc1cccn1CC(=O)NC1CCCC1. The van der Waals surface area contributed by atoms with Gasteiger partial charge in [0.15, 0.2) is 0 Å². The smallest absolute Gasteiger partial charge is 0.240 e. The maximum Gasteiger partial charge on any atom is 0.240 e. The zero-order valence-electron chi connectivity index (χ0n) is 9.15. The number of hydrogen-bond acceptors (Lipinski definition) is 2. The van der Waals surface area contributed by atoms with Crippen molar-refractivity contribution in [2.24, 2.45) is 0 Å². The molecule has 4 nitrogen and oxygen atoms in total. The van der Waals surface area contributed by atoms with Crippen LogP contribution in [0, 0.1) is 11.3 Å². The van der Waals surface area contributed by atoms with Gasteiger partial charge < -0.3 is 9.88 Å². The lowest BCUT2D eigenvalue weighted by Gasteiger charge is -2.12. The van der Waals surface area contributed by atoms with Gasteiger partial charge in [-0.2, -0.15) is 5.26 Å². The number of nitrogens with zero attached hydrogens (tertiary/aromatic N) is 2. The number of carbonyl (C=O) groups excluding carboxylic acids is 1. The van der Waals surface area contributed by atoms with Gasteiger partial charge in [-0.25, -0.2) is 0 Å². The van der Waals surface area contributed by atoms with E-state index in [4.69, 9.17) is 5.26 Å². The Morgan fingerprint density at radius 2 is 2.31 bits per heavy atom. The molecule has 1 fully saturated rings. The maximum absolute atomic E-state index is 11.7. The van der Waals surface area contributed by atoms with Crippen LogP contribution in [0.5, 0.6) is 0 Å². The van der Waals surface area contributed by atoms with E-state index in [2.05, 4.69) is 11.4 Å². The molecule has 0 aliphatic heterocycles. The lowest BCUT2D eigenvalue weighted by Crippen LogP contribution is -2.35. The Morgan fingerprint density at radius 1 is 1.56 bits per heavy atom. The molecule has 0 spiro atoms. The number of rotatable bonds is 3. The van der Waals surface area contributed by atoms with E-state index in [1.54, 1.807) is 22.9 Å². The van der Waals surface area contributed by atoms with E-state index in [1.165, 1.54) is 12.8 Å². The molecule has 2 rings (SSSR count). The Morgan fingerprint density at radius 3 is 3.00 bits per heavy atom. The summed E-state index contributed by atoms with van der Waals surface area (Å²) in [5.74, 6) is -0.000370. The Balaban J connectivity index is 1.89. The van der Waals surface area contributed by atoms with Gasteiger partial charge in [0, 0.05) is 12.2 Å². The molecule has 16 heavy (non-hydrogen) atoms. The fraction of sp³-hybridized carbons (Fsp3) is 0.500. The third kappa shape index (κ3) is 2.43. The van der Waals surface area contributed by atoms with Crippen molar-refractivity contribution in [1.29, 1.82) is 5.26 Å². The molecule has 1 heterocycles. The first-order chi connectivity index (χ1) is 7.79. The van der Waals surface area contributed by atoms with Gasteiger partial charge in [0.1, 0.15) is 18.3 Å². The summed E-state index contributed by atoms with van der Waals surface area (Å²) in [6, 6.07) is 5.89. The van der Waals surface area contributed by atoms with Crippen LogP contribution in [0.4, 0.5) is 0 Å². The van der Waals surface area contributed by atoms with Gasteiger partial charge in [0.2, 0.25) is 5.91 Å². The molecule has 0 unspecified atom stereocenters. The molecule has 0 atom stereocenters. The second-order valence-corrected chi connectivity index (χ2v) is 4.18. The quantitative estimate of drug-likeness (QED) is 0.832. The molecule has 1 aromatic rings. The minimum atomic E-state index is -0.000370. The molecule has 1 aliphatic rings. The van der Waals surface area contributed by atoms with E-state index in [0.29, 0.717) is 11.7 Å². The first-order valence-corrected chi connectivity index (χ1v) is 5.64. The highest BCUT2D eigenvalue weighted by Crippen LogP contribution is 2.17. The molecule has 84 valence electrons. The second-order valence-electron chi connectivity index (χ2n) is 4.18. The number of nitrogens with one attached hydrogen (secondary N) is 1. The third-order valence-corrected chi connectivity index (χ3v) is 2.98. The highest BCUT2D eigenvalue weighted by atomic mass is 16.2. The minimum Gasteiger partial charge on any atom is -0.352 e. The number of hydrogen-bond donors (Lipinski definition) is 1. The molecule has 0 radical (unpaired) electrons. The zero-order chi connectivity index (χ0) is 11.4. The Bertz CT molecular complexity index is 410. The van der Waals surface area contributed by atoms with Gasteiger partial charge in [-0.3, -0.25) is 4.79 Å². The molecule has 1 saturated carbocycles. The van der Waals surface area contributed by atoms with E-state index in [1.807, 2.05) is 0 Å². The Hall–Kier alpha value is -1.76. The summed E-state index contributed by atoms with van der Waals surface area (Å²) < 4.78 is 1.67. The van der Waals surface area contributed by atoms with Crippen LogP contribution in [0.15, 0.2) is 18.3 Å². The highest BCUT2D eigenvalue weighted by molar-refractivity contribution is 5.76. The van der Waals surface area contributed by atoms with E-state index in [0.717, 1.165) is 12.8 Å². The molecule has 0 bridgehead atoms. The van der Waals surface area contributed by atoms with E-state index < -0.39 is 0 Å². The second kappa shape index (κ2) is 4.84. The van der Waals surface area contributed by atoms with Gasteiger partial charge in [-0.1, -0.05) is 12.8 Å². The van der Waals surface area contributed by atoms with Crippen molar-refractivity contribution in [3.05, 3.63) is 24.0 Å². The van der Waals surface area contributed by atoms with E-state index >= 15 is 0 Å². The number of amides is 1. The zero-order valence-corrected chi connectivity index (χ0v) is 9.15. The first kappa shape index (κ1) is 10.7. The first-order valence-electron chi connectivity index (χ1n) is 5.64.